The second kappa shape index (κ2) is 5.81. The average molecular weight is 401 g/mol. The lowest BCUT2D eigenvalue weighted by Crippen LogP contribution is -2.20. The van der Waals surface area contributed by atoms with Crippen molar-refractivity contribution in [3.63, 3.8) is 0 Å². The van der Waals surface area contributed by atoms with Crippen LogP contribution in [-0.4, -0.2) is 33.7 Å². The van der Waals surface area contributed by atoms with Gasteiger partial charge in [-0.1, -0.05) is 23.0 Å². The molecule has 1 unspecified atom stereocenters. The van der Waals surface area contributed by atoms with E-state index in [0.29, 0.717) is 0 Å². The van der Waals surface area contributed by atoms with Gasteiger partial charge in [-0.2, -0.15) is 0 Å². The van der Waals surface area contributed by atoms with Gasteiger partial charge in [0.05, 0.1) is 0 Å². The number of nitrogens with zero attached hydrogens (tertiary/aromatic N) is 4. The van der Waals surface area contributed by atoms with Crippen LogP contribution in [0.4, 0.5) is 5.82 Å². The van der Waals surface area contributed by atoms with Crippen molar-refractivity contribution >= 4 is 63.0 Å². The van der Waals surface area contributed by atoms with E-state index in [1.54, 1.807) is 23.1 Å². The van der Waals surface area contributed by atoms with Gasteiger partial charge >= 0.3 is 0 Å². The molecule has 0 saturated heterocycles. The van der Waals surface area contributed by atoms with Gasteiger partial charge in [-0.3, -0.25) is 0 Å². The Morgan fingerprint density at radius 3 is 2.61 bits per heavy atom. The number of hydrogen-bond donors (Lipinski definition) is 0. The maximum Gasteiger partial charge on any atom is 0.200 e. The first-order valence-electron chi connectivity index (χ1n) is 7.02. The van der Waals surface area contributed by atoms with Gasteiger partial charge in [-0.15, -0.1) is 11.8 Å². The second-order valence-electron chi connectivity index (χ2n) is 5.17. The third kappa shape index (κ3) is 2.40. The molecular formula is C14H14ClN4PS3. The van der Waals surface area contributed by atoms with E-state index in [1.807, 2.05) is 30.5 Å². The average Bonchev–Trinajstić information content (AvgIpc) is 3.15. The molecule has 1 aromatic heterocycles. The molecular weight excluding hydrogens is 387 g/mol. The predicted molar refractivity (Wildman–Crippen MR) is 108 cm³/mol. The highest BCUT2D eigenvalue weighted by Crippen LogP contribution is 2.67. The lowest BCUT2D eigenvalue weighted by molar-refractivity contribution is 0.802. The van der Waals surface area contributed by atoms with Crippen molar-refractivity contribution in [2.24, 2.45) is 4.76 Å². The number of hydrogen-bond acceptors (Lipinski definition) is 4. The lowest BCUT2D eigenvalue weighted by Gasteiger charge is -2.31. The minimum atomic E-state index is -1.97. The van der Waals surface area contributed by atoms with Crippen LogP contribution in [0.5, 0.6) is 0 Å². The van der Waals surface area contributed by atoms with Crippen LogP contribution in [0.2, 0.25) is 5.02 Å². The van der Waals surface area contributed by atoms with E-state index in [9.17, 15) is 0 Å². The summed E-state index contributed by atoms with van der Waals surface area (Å²) in [5.74, 6) is 2.12. The first-order chi connectivity index (χ1) is 11.1. The Morgan fingerprint density at radius 1 is 1.22 bits per heavy atom. The van der Waals surface area contributed by atoms with Gasteiger partial charge in [-0.25, -0.2) is 9.75 Å². The van der Waals surface area contributed by atoms with Gasteiger partial charge in [0, 0.05) is 23.7 Å². The van der Waals surface area contributed by atoms with Gasteiger partial charge in [0.25, 0.3) is 0 Å². The van der Waals surface area contributed by atoms with Crippen LogP contribution in [0.15, 0.2) is 29.0 Å². The van der Waals surface area contributed by atoms with Crippen molar-refractivity contribution in [3.05, 3.63) is 35.0 Å². The molecule has 0 fully saturated rings. The number of benzene rings is 1. The van der Waals surface area contributed by atoms with Crippen molar-refractivity contribution in [1.82, 2.24) is 9.55 Å². The monoisotopic (exact) mass is 400 g/mol. The lowest BCUT2D eigenvalue weighted by atomic mass is 10.2. The minimum Gasteiger partial charge on any atom is -0.308 e. The molecule has 0 spiro atoms. The number of halogens is 1. The van der Waals surface area contributed by atoms with Gasteiger partial charge < -0.3 is 9.24 Å². The van der Waals surface area contributed by atoms with E-state index in [2.05, 4.69) is 15.5 Å². The highest BCUT2D eigenvalue weighted by Gasteiger charge is 2.41. The number of imidazole rings is 1. The second-order valence-corrected chi connectivity index (χ2v) is 13.3. The minimum absolute atomic E-state index is 0.734. The van der Waals surface area contributed by atoms with Gasteiger partial charge in [0.15, 0.2) is 5.54 Å². The standard InChI is InChI=1S/C14H14ClN4PS3/c1-22-13-11-14-18(7-8-19(14)20(21,17-13)23-2)12(16-11)9-3-5-10(15)6-4-9/h3-6H,7-8H2,1-2H3. The Labute approximate surface area is 153 Å². The molecule has 0 saturated carbocycles. The Kier molecular flexibility index (Phi) is 4.05. The Bertz CT molecular complexity index is 862. The van der Waals surface area contributed by atoms with Crippen molar-refractivity contribution in [1.29, 1.82) is 0 Å². The topological polar surface area (TPSA) is 33.4 Å². The molecule has 0 radical (unpaired) electrons. The normalized spacial score (nSPS) is 22.2. The fourth-order valence-electron chi connectivity index (χ4n) is 2.92. The summed E-state index contributed by atoms with van der Waals surface area (Å²) in [5, 5.41) is 1.70. The highest BCUT2D eigenvalue weighted by molar-refractivity contribution is 8.70. The van der Waals surface area contributed by atoms with E-state index in [-0.39, 0.29) is 0 Å². The molecule has 4 rings (SSSR count). The van der Waals surface area contributed by atoms with Crippen molar-refractivity contribution < 1.29 is 0 Å². The van der Waals surface area contributed by atoms with Gasteiger partial charge in [0.1, 0.15) is 22.4 Å². The molecule has 0 bridgehead atoms. The molecule has 1 aromatic carbocycles. The van der Waals surface area contributed by atoms with Crippen LogP contribution in [0.1, 0.15) is 5.69 Å². The van der Waals surface area contributed by atoms with Crippen LogP contribution < -0.4 is 4.67 Å². The SMILES string of the molecule is CSC1=NP(=S)(SC)N2CCn3c(-c4ccc(Cl)cc4)nc1c32. The molecule has 2 aliphatic heterocycles. The summed E-state index contributed by atoms with van der Waals surface area (Å²) in [6, 6.07) is 7.84. The molecule has 0 amide bonds. The van der Waals surface area contributed by atoms with Crippen LogP contribution >= 0.6 is 40.3 Å². The summed E-state index contributed by atoms with van der Waals surface area (Å²) < 4.78 is 9.47. The third-order valence-corrected chi connectivity index (χ3v) is 11.4. The predicted octanol–water partition coefficient (Wildman–Crippen LogP) is 4.73. The maximum atomic E-state index is 6.01. The van der Waals surface area contributed by atoms with Crippen LogP contribution in [-0.2, 0) is 18.4 Å². The molecule has 3 heterocycles. The molecule has 1 atom stereocenters. The van der Waals surface area contributed by atoms with Crippen LogP contribution in [0.3, 0.4) is 0 Å². The summed E-state index contributed by atoms with van der Waals surface area (Å²) in [7, 11) is 0. The molecule has 2 aliphatic rings. The summed E-state index contributed by atoms with van der Waals surface area (Å²) >= 11 is 15.3. The quantitative estimate of drug-likeness (QED) is 0.680. The summed E-state index contributed by atoms with van der Waals surface area (Å²) in [6.07, 6.45) is 4.10. The maximum absolute atomic E-state index is 6.01. The highest BCUT2D eigenvalue weighted by atomic mass is 35.5. The third-order valence-electron chi connectivity index (χ3n) is 3.98. The molecule has 4 nitrogen and oxygen atoms in total. The molecule has 120 valence electrons. The zero-order valence-electron chi connectivity index (χ0n) is 12.6. The van der Waals surface area contributed by atoms with E-state index in [0.717, 1.165) is 46.1 Å². The number of rotatable bonds is 2. The van der Waals surface area contributed by atoms with E-state index in [1.165, 1.54) is 0 Å². The van der Waals surface area contributed by atoms with E-state index in [4.69, 9.17) is 33.2 Å². The number of aromatic nitrogens is 2. The summed E-state index contributed by atoms with van der Waals surface area (Å²) in [4.78, 5) is 4.89. The van der Waals surface area contributed by atoms with Crippen LogP contribution in [0, 0.1) is 0 Å². The molecule has 2 aromatic rings. The molecule has 23 heavy (non-hydrogen) atoms. The Balaban J connectivity index is 1.93. The van der Waals surface area contributed by atoms with Gasteiger partial charge in [0.2, 0.25) is 0 Å². The number of thioether (sulfide) groups is 1. The fourth-order valence-corrected chi connectivity index (χ4v) is 8.14. The Morgan fingerprint density at radius 2 is 1.96 bits per heavy atom. The molecule has 9 heteroatoms. The molecule has 0 aliphatic carbocycles. The molecule has 0 N–H and O–H groups in total. The van der Waals surface area contributed by atoms with Gasteiger partial charge in [-0.05, 0) is 48.6 Å². The van der Waals surface area contributed by atoms with E-state index < -0.39 is 5.54 Å². The van der Waals surface area contributed by atoms with E-state index >= 15 is 0 Å². The first-order valence-corrected chi connectivity index (χ1v) is 13.2. The van der Waals surface area contributed by atoms with Crippen LogP contribution in [0.25, 0.3) is 11.4 Å². The zero-order chi connectivity index (χ0) is 16.2. The summed E-state index contributed by atoms with van der Waals surface area (Å²) in [5.41, 5.74) is 0.0649. The summed E-state index contributed by atoms with van der Waals surface area (Å²) in [6.45, 7) is 1.81. The smallest absolute Gasteiger partial charge is 0.200 e. The fraction of sp³-hybridized carbons (Fsp3) is 0.286. The first kappa shape index (κ1) is 16.0. The van der Waals surface area contributed by atoms with Crippen molar-refractivity contribution in [2.45, 2.75) is 6.54 Å². The van der Waals surface area contributed by atoms with Crippen molar-refractivity contribution in [2.75, 3.05) is 23.7 Å². The zero-order valence-corrected chi connectivity index (χ0v) is 16.7. The Hall–Kier alpha value is -0.460. The van der Waals surface area contributed by atoms with Crippen molar-refractivity contribution in [3.8, 4) is 11.4 Å². The largest absolute Gasteiger partial charge is 0.308 e. The number of anilines is 1.